The van der Waals surface area contributed by atoms with Crippen molar-refractivity contribution in [2.45, 2.75) is 33.4 Å². The molecule has 0 amide bonds. The van der Waals surface area contributed by atoms with E-state index in [1.807, 2.05) is 12.1 Å². The van der Waals surface area contributed by atoms with Crippen molar-refractivity contribution >= 4 is 0 Å². The Morgan fingerprint density at radius 2 is 1.70 bits per heavy atom. The molecule has 2 heteroatoms. The first kappa shape index (κ1) is 14.6. The molecule has 0 bridgehead atoms. The van der Waals surface area contributed by atoms with E-state index in [0.29, 0.717) is 6.04 Å². The van der Waals surface area contributed by atoms with Gasteiger partial charge in [-0.05, 0) is 55.2 Å². The molecule has 2 aromatic rings. The molecule has 0 radical (unpaired) electrons. The van der Waals surface area contributed by atoms with E-state index < -0.39 is 0 Å². The summed E-state index contributed by atoms with van der Waals surface area (Å²) in [7, 11) is 1.69. The Morgan fingerprint density at radius 3 is 2.30 bits per heavy atom. The third-order valence-corrected chi connectivity index (χ3v) is 3.80. The summed E-state index contributed by atoms with van der Waals surface area (Å²) < 4.78 is 5.18. The van der Waals surface area contributed by atoms with Crippen LogP contribution in [0.2, 0.25) is 0 Å². The normalized spacial score (nSPS) is 12.2. The summed E-state index contributed by atoms with van der Waals surface area (Å²) in [5, 5.41) is 3.56. The molecule has 0 saturated carbocycles. The quantitative estimate of drug-likeness (QED) is 0.880. The first-order valence-corrected chi connectivity index (χ1v) is 7.03. The van der Waals surface area contributed by atoms with E-state index in [1.54, 1.807) is 7.11 Å². The maximum Gasteiger partial charge on any atom is 0.118 e. The standard InChI is InChI=1S/C18H23NO/c1-13-5-6-16(11-14(13)2)12-19-15(3)17-7-9-18(20-4)10-8-17/h5-11,15,19H,12H2,1-4H3/t15-/m0/s1. The lowest BCUT2D eigenvalue weighted by atomic mass is 10.1. The van der Waals surface area contributed by atoms with Crippen LogP contribution in [0.15, 0.2) is 42.5 Å². The molecule has 0 aromatic heterocycles. The lowest BCUT2D eigenvalue weighted by molar-refractivity contribution is 0.414. The second-order valence-corrected chi connectivity index (χ2v) is 5.29. The van der Waals surface area contributed by atoms with E-state index in [9.17, 15) is 0 Å². The van der Waals surface area contributed by atoms with Crippen LogP contribution in [-0.4, -0.2) is 7.11 Å². The lowest BCUT2D eigenvalue weighted by Crippen LogP contribution is -2.18. The van der Waals surface area contributed by atoms with Crippen molar-refractivity contribution in [3.63, 3.8) is 0 Å². The van der Waals surface area contributed by atoms with Gasteiger partial charge in [-0.1, -0.05) is 30.3 Å². The number of rotatable bonds is 5. The van der Waals surface area contributed by atoms with Crippen molar-refractivity contribution in [1.29, 1.82) is 0 Å². The fourth-order valence-electron chi connectivity index (χ4n) is 2.19. The highest BCUT2D eigenvalue weighted by atomic mass is 16.5. The van der Waals surface area contributed by atoms with E-state index in [0.717, 1.165) is 12.3 Å². The molecule has 2 aromatic carbocycles. The molecular formula is C18H23NO. The summed E-state index contributed by atoms with van der Waals surface area (Å²) in [5.74, 6) is 0.898. The third kappa shape index (κ3) is 3.61. The van der Waals surface area contributed by atoms with Crippen LogP contribution in [0.3, 0.4) is 0 Å². The molecule has 0 aliphatic heterocycles. The van der Waals surface area contributed by atoms with E-state index in [4.69, 9.17) is 4.74 Å². The molecule has 0 heterocycles. The molecule has 0 fully saturated rings. The lowest BCUT2D eigenvalue weighted by Gasteiger charge is -2.15. The van der Waals surface area contributed by atoms with E-state index >= 15 is 0 Å². The first-order valence-electron chi connectivity index (χ1n) is 7.03. The van der Waals surface area contributed by atoms with Crippen LogP contribution in [0.5, 0.6) is 5.75 Å². The van der Waals surface area contributed by atoms with Gasteiger partial charge in [-0.25, -0.2) is 0 Å². The first-order chi connectivity index (χ1) is 9.60. The number of ether oxygens (including phenoxy) is 1. The van der Waals surface area contributed by atoms with Crippen LogP contribution in [0.25, 0.3) is 0 Å². The summed E-state index contributed by atoms with van der Waals surface area (Å²) in [6, 6.07) is 15.2. The number of nitrogens with one attached hydrogen (secondary N) is 1. The minimum atomic E-state index is 0.322. The third-order valence-electron chi connectivity index (χ3n) is 3.80. The van der Waals surface area contributed by atoms with Crippen LogP contribution in [-0.2, 0) is 6.54 Å². The van der Waals surface area contributed by atoms with E-state index in [1.165, 1.54) is 22.3 Å². The van der Waals surface area contributed by atoms with Gasteiger partial charge >= 0.3 is 0 Å². The van der Waals surface area contributed by atoms with Crippen LogP contribution in [0, 0.1) is 13.8 Å². The molecule has 0 aliphatic carbocycles. The minimum absolute atomic E-state index is 0.322. The van der Waals surface area contributed by atoms with Gasteiger partial charge < -0.3 is 10.1 Å². The Kier molecular flexibility index (Phi) is 4.80. The number of hydrogen-bond acceptors (Lipinski definition) is 2. The number of methoxy groups -OCH3 is 1. The van der Waals surface area contributed by atoms with Crippen LogP contribution in [0.1, 0.15) is 35.2 Å². The zero-order valence-electron chi connectivity index (χ0n) is 12.7. The van der Waals surface area contributed by atoms with E-state index in [2.05, 4.69) is 56.4 Å². The predicted molar refractivity (Wildman–Crippen MR) is 84.2 cm³/mol. The predicted octanol–water partition coefficient (Wildman–Crippen LogP) is 4.16. The smallest absolute Gasteiger partial charge is 0.118 e. The Bertz CT molecular complexity index is 560. The van der Waals surface area contributed by atoms with Crippen LogP contribution in [0.4, 0.5) is 0 Å². The summed E-state index contributed by atoms with van der Waals surface area (Å²) in [4.78, 5) is 0. The molecule has 2 nitrogen and oxygen atoms in total. The zero-order valence-corrected chi connectivity index (χ0v) is 12.7. The molecule has 0 aliphatic rings. The molecule has 0 spiro atoms. The van der Waals surface area contributed by atoms with Gasteiger partial charge in [-0.15, -0.1) is 0 Å². The van der Waals surface area contributed by atoms with E-state index in [-0.39, 0.29) is 0 Å². The topological polar surface area (TPSA) is 21.3 Å². The van der Waals surface area contributed by atoms with Crippen LogP contribution >= 0.6 is 0 Å². The van der Waals surface area contributed by atoms with Gasteiger partial charge in [0, 0.05) is 12.6 Å². The number of hydrogen-bond donors (Lipinski definition) is 1. The van der Waals surface area contributed by atoms with Gasteiger partial charge in [0.2, 0.25) is 0 Å². The highest BCUT2D eigenvalue weighted by Gasteiger charge is 2.05. The second kappa shape index (κ2) is 6.58. The molecular weight excluding hydrogens is 246 g/mol. The van der Waals surface area contributed by atoms with Crippen molar-refractivity contribution in [2.75, 3.05) is 7.11 Å². The summed E-state index contributed by atoms with van der Waals surface area (Å²) in [5.41, 5.74) is 5.29. The Hall–Kier alpha value is -1.80. The largest absolute Gasteiger partial charge is 0.497 e. The maximum atomic E-state index is 5.18. The van der Waals surface area contributed by atoms with Gasteiger partial charge in [-0.3, -0.25) is 0 Å². The van der Waals surface area contributed by atoms with Crippen molar-refractivity contribution < 1.29 is 4.74 Å². The summed E-state index contributed by atoms with van der Waals surface area (Å²) in [6.45, 7) is 7.37. The number of aryl methyl sites for hydroxylation is 2. The van der Waals surface area contributed by atoms with Crippen molar-refractivity contribution in [2.24, 2.45) is 0 Å². The second-order valence-electron chi connectivity index (χ2n) is 5.29. The molecule has 106 valence electrons. The molecule has 20 heavy (non-hydrogen) atoms. The van der Waals surface area contributed by atoms with Gasteiger partial charge in [-0.2, -0.15) is 0 Å². The van der Waals surface area contributed by atoms with Crippen molar-refractivity contribution in [3.8, 4) is 5.75 Å². The Morgan fingerprint density at radius 1 is 1.00 bits per heavy atom. The Balaban J connectivity index is 1.96. The average molecular weight is 269 g/mol. The fraction of sp³-hybridized carbons (Fsp3) is 0.333. The molecule has 2 rings (SSSR count). The van der Waals surface area contributed by atoms with Gasteiger partial charge in [0.05, 0.1) is 7.11 Å². The molecule has 1 atom stereocenters. The summed E-state index contributed by atoms with van der Waals surface area (Å²) in [6.07, 6.45) is 0. The SMILES string of the molecule is COc1ccc([C@H](C)NCc2ccc(C)c(C)c2)cc1. The molecule has 1 N–H and O–H groups in total. The highest BCUT2D eigenvalue weighted by Crippen LogP contribution is 2.18. The summed E-state index contributed by atoms with van der Waals surface area (Å²) >= 11 is 0. The van der Waals surface area contributed by atoms with Crippen LogP contribution < -0.4 is 10.1 Å². The molecule has 0 unspecified atom stereocenters. The van der Waals surface area contributed by atoms with Gasteiger partial charge in [0.15, 0.2) is 0 Å². The van der Waals surface area contributed by atoms with Gasteiger partial charge in [0.1, 0.15) is 5.75 Å². The molecule has 0 saturated heterocycles. The van der Waals surface area contributed by atoms with Crippen molar-refractivity contribution in [1.82, 2.24) is 5.32 Å². The maximum absolute atomic E-state index is 5.18. The zero-order chi connectivity index (χ0) is 14.5. The average Bonchev–Trinajstić information content (AvgIpc) is 2.48. The highest BCUT2D eigenvalue weighted by molar-refractivity contribution is 5.31. The minimum Gasteiger partial charge on any atom is -0.497 e. The monoisotopic (exact) mass is 269 g/mol. The van der Waals surface area contributed by atoms with Crippen molar-refractivity contribution in [3.05, 3.63) is 64.7 Å². The fourth-order valence-corrected chi connectivity index (χ4v) is 2.19. The van der Waals surface area contributed by atoms with Gasteiger partial charge in [0.25, 0.3) is 0 Å². The Labute approximate surface area is 121 Å². The number of benzene rings is 2.